The number of ether oxygens (including phenoxy) is 1. The molecule has 6 nitrogen and oxygen atoms in total. The van der Waals surface area contributed by atoms with Crippen LogP contribution in [0.2, 0.25) is 0 Å². The summed E-state index contributed by atoms with van der Waals surface area (Å²) in [6.45, 7) is -2.90. The second-order valence-electron chi connectivity index (χ2n) is 5.43. The molecule has 4 aromatic rings. The van der Waals surface area contributed by atoms with Crippen LogP contribution in [0.15, 0.2) is 49.1 Å². The lowest BCUT2D eigenvalue weighted by Crippen LogP contribution is -2.03. The Kier molecular flexibility index (Phi) is 3.64. The molecule has 0 saturated carbocycles. The Hall–Kier alpha value is -3.29. The van der Waals surface area contributed by atoms with E-state index < -0.39 is 6.61 Å². The van der Waals surface area contributed by atoms with Gasteiger partial charge in [-0.1, -0.05) is 0 Å². The summed E-state index contributed by atoms with van der Waals surface area (Å²) in [5.41, 5.74) is 4.07. The number of nitrogens with zero attached hydrogens (tertiary/aromatic N) is 4. The number of halogens is 2. The lowest BCUT2D eigenvalue weighted by Gasteiger charge is -2.06. The van der Waals surface area contributed by atoms with E-state index in [0.29, 0.717) is 11.3 Å². The van der Waals surface area contributed by atoms with E-state index >= 15 is 0 Å². The van der Waals surface area contributed by atoms with E-state index in [-0.39, 0.29) is 5.88 Å². The number of hydrogen-bond acceptors (Lipinski definition) is 4. The van der Waals surface area contributed by atoms with Crippen molar-refractivity contribution in [3.05, 3.63) is 49.1 Å². The molecule has 8 heteroatoms. The fourth-order valence-corrected chi connectivity index (χ4v) is 2.78. The van der Waals surface area contributed by atoms with E-state index in [1.54, 1.807) is 16.9 Å². The van der Waals surface area contributed by atoms with Crippen LogP contribution in [0, 0.1) is 0 Å². The number of hydrogen-bond donors (Lipinski definition) is 1. The van der Waals surface area contributed by atoms with Gasteiger partial charge in [0.15, 0.2) is 0 Å². The average molecular weight is 341 g/mol. The molecule has 0 radical (unpaired) electrons. The van der Waals surface area contributed by atoms with Gasteiger partial charge in [-0.25, -0.2) is 9.97 Å². The normalized spacial score (nSPS) is 11.4. The third-order valence-corrected chi connectivity index (χ3v) is 3.80. The first kappa shape index (κ1) is 15.3. The van der Waals surface area contributed by atoms with Crippen LogP contribution in [0.1, 0.15) is 0 Å². The highest BCUT2D eigenvalue weighted by atomic mass is 19.3. The van der Waals surface area contributed by atoms with Gasteiger partial charge in [-0.05, 0) is 23.8 Å². The maximum Gasteiger partial charge on any atom is 0.388 e. The SMILES string of the molecule is Cn1cc(-c2ccnc3[nH]ccc23)c(-c2ccc(OC(F)F)nc2)n1. The van der Waals surface area contributed by atoms with E-state index in [0.717, 1.165) is 22.2 Å². The van der Waals surface area contributed by atoms with Crippen molar-refractivity contribution in [2.45, 2.75) is 6.61 Å². The molecule has 25 heavy (non-hydrogen) atoms. The highest BCUT2D eigenvalue weighted by molar-refractivity contribution is 5.96. The number of aromatic nitrogens is 5. The van der Waals surface area contributed by atoms with Crippen LogP contribution in [-0.4, -0.2) is 31.3 Å². The number of rotatable bonds is 4. The molecule has 0 fully saturated rings. The van der Waals surface area contributed by atoms with Gasteiger partial charge in [0.2, 0.25) is 5.88 Å². The third-order valence-electron chi connectivity index (χ3n) is 3.80. The molecule has 0 atom stereocenters. The van der Waals surface area contributed by atoms with Crippen molar-refractivity contribution in [1.82, 2.24) is 24.7 Å². The fraction of sp³-hybridized carbons (Fsp3) is 0.118. The lowest BCUT2D eigenvalue weighted by atomic mass is 10.0. The Bertz CT molecular complexity index is 1020. The third kappa shape index (κ3) is 2.82. The largest absolute Gasteiger partial charge is 0.417 e. The van der Waals surface area contributed by atoms with Crippen LogP contribution in [0.4, 0.5) is 8.78 Å². The number of H-pyrrole nitrogens is 1. The Labute approximate surface area is 141 Å². The van der Waals surface area contributed by atoms with E-state index in [1.807, 2.05) is 31.6 Å². The summed E-state index contributed by atoms with van der Waals surface area (Å²) in [4.78, 5) is 11.3. The average Bonchev–Trinajstić information content (AvgIpc) is 3.21. The lowest BCUT2D eigenvalue weighted by molar-refractivity contribution is -0.0528. The molecule has 4 aromatic heterocycles. The van der Waals surface area contributed by atoms with Crippen LogP contribution in [0.5, 0.6) is 5.88 Å². The highest BCUT2D eigenvalue weighted by Crippen LogP contribution is 2.34. The first-order chi connectivity index (χ1) is 12.1. The van der Waals surface area contributed by atoms with Crippen molar-refractivity contribution in [2.75, 3.05) is 0 Å². The van der Waals surface area contributed by atoms with Crippen molar-refractivity contribution in [1.29, 1.82) is 0 Å². The number of fused-ring (bicyclic) bond motifs is 1. The molecule has 126 valence electrons. The summed E-state index contributed by atoms with van der Waals surface area (Å²) in [6.07, 6.45) is 6.93. The fourth-order valence-electron chi connectivity index (χ4n) is 2.78. The van der Waals surface area contributed by atoms with Gasteiger partial charge in [-0.3, -0.25) is 4.68 Å². The van der Waals surface area contributed by atoms with E-state index in [1.165, 1.54) is 12.3 Å². The van der Waals surface area contributed by atoms with Gasteiger partial charge >= 0.3 is 6.61 Å². The molecule has 0 bridgehead atoms. The van der Waals surface area contributed by atoms with Crippen molar-refractivity contribution < 1.29 is 13.5 Å². The number of aromatic amines is 1. The molecule has 0 unspecified atom stereocenters. The maximum atomic E-state index is 12.3. The molecule has 0 amide bonds. The predicted molar refractivity (Wildman–Crippen MR) is 88.2 cm³/mol. The Morgan fingerprint density at radius 1 is 1.12 bits per heavy atom. The minimum atomic E-state index is -2.90. The zero-order valence-electron chi connectivity index (χ0n) is 13.1. The van der Waals surface area contributed by atoms with Gasteiger partial charge < -0.3 is 9.72 Å². The summed E-state index contributed by atoms with van der Waals surface area (Å²) < 4.78 is 30.5. The number of nitrogens with one attached hydrogen (secondary N) is 1. The first-order valence-corrected chi connectivity index (χ1v) is 7.49. The monoisotopic (exact) mass is 341 g/mol. The van der Waals surface area contributed by atoms with Gasteiger partial charge in [0.05, 0.1) is 0 Å². The minimum Gasteiger partial charge on any atom is -0.417 e. The smallest absolute Gasteiger partial charge is 0.388 e. The van der Waals surface area contributed by atoms with Crippen LogP contribution in [0.3, 0.4) is 0 Å². The quantitative estimate of drug-likeness (QED) is 0.615. The van der Waals surface area contributed by atoms with Gasteiger partial charge in [0, 0.05) is 54.4 Å². The van der Waals surface area contributed by atoms with Crippen molar-refractivity contribution in [3.8, 4) is 28.3 Å². The summed E-state index contributed by atoms with van der Waals surface area (Å²) >= 11 is 0. The topological polar surface area (TPSA) is 68.6 Å². The standard InChI is InChI=1S/C17H13F2N5O/c1-24-9-13(11-4-6-20-16-12(11)5-7-21-16)15(23-24)10-2-3-14(22-8-10)25-17(18)19/h2-9,17H,1H3,(H,20,21). The molecular weight excluding hydrogens is 328 g/mol. The first-order valence-electron chi connectivity index (χ1n) is 7.49. The molecule has 0 spiro atoms. The van der Waals surface area contributed by atoms with Crippen molar-refractivity contribution in [3.63, 3.8) is 0 Å². The Morgan fingerprint density at radius 2 is 2.00 bits per heavy atom. The zero-order chi connectivity index (χ0) is 17.4. The number of aryl methyl sites for hydroxylation is 1. The van der Waals surface area contributed by atoms with Crippen LogP contribution < -0.4 is 4.74 Å². The summed E-state index contributed by atoms with van der Waals surface area (Å²) in [6, 6.07) is 6.93. The van der Waals surface area contributed by atoms with Gasteiger partial charge in [0.1, 0.15) is 11.3 Å². The maximum absolute atomic E-state index is 12.3. The number of alkyl halides is 2. The zero-order valence-corrected chi connectivity index (χ0v) is 13.1. The molecular formula is C17H13F2N5O. The predicted octanol–water partition coefficient (Wildman–Crippen LogP) is 3.63. The Balaban J connectivity index is 1.81. The van der Waals surface area contributed by atoms with Gasteiger partial charge in [-0.15, -0.1) is 0 Å². The molecule has 0 saturated heterocycles. The second kappa shape index (κ2) is 5.97. The molecule has 4 rings (SSSR count). The molecule has 1 N–H and O–H groups in total. The van der Waals surface area contributed by atoms with Crippen LogP contribution in [-0.2, 0) is 7.05 Å². The molecule has 0 aliphatic heterocycles. The minimum absolute atomic E-state index is 0.131. The van der Waals surface area contributed by atoms with Crippen molar-refractivity contribution >= 4 is 11.0 Å². The summed E-state index contributed by atoms with van der Waals surface area (Å²) in [5, 5.41) is 5.47. The second-order valence-corrected chi connectivity index (χ2v) is 5.43. The summed E-state index contributed by atoms with van der Waals surface area (Å²) in [7, 11) is 1.82. The molecule has 0 aromatic carbocycles. The van der Waals surface area contributed by atoms with E-state index in [2.05, 4.69) is 24.8 Å². The van der Waals surface area contributed by atoms with Crippen LogP contribution >= 0.6 is 0 Å². The Morgan fingerprint density at radius 3 is 2.76 bits per heavy atom. The van der Waals surface area contributed by atoms with E-state index in [4.69, 9.17) is 0 Å². The van der Waals surface area contributed by atoms with Crippen LogP contribution in [0.25, 0.3) is 33.4 Å². The molecule has 0 aliphatic rings. The van der Waals surface area contributed by atoms with E-state index in [9.17, 15) is 8.78 Å². The van der Waals surface area contributed by atoms with Crippen molar-refractivity contribution in [2.24, 2.45) is 7.05 Å². The molecule has 4 heterocycles. The molecule has 0 aliphatic carbocycles. The van der Waals surface area contributed by atoms with Gasteiger partial charge in [0.25, 0.3) is 0 Å². The summed E-state index contributed by atoms with van der Waals surface area (Å²) in [5.74, 6) is -0.131. The highest BCUT2D eigenvalue weighted by Gasteiger charge is 2.16. The number of pyridine rings is 2. The van der Waals surface area contributed by atoms with Gasteiger partial charge in [-0.2, -0.15) is 13.9 Å².